The van der Waals surface area contributed by atoms with Crippen molar-refractivity contribution in [2.24, 2.45) is 5.92 Å². The predicted molar refractivity (Wildman–Crippen MR) is 40.0 cm³/mol. The third kappa shape index (κ3) is 4.34. The van der Waals surface area contributed by atoms with Crippen molar-refractivity contribution >= 4 is 0 Å². The van der Waals surface area contributed by atoms with Gasteiger partial charge in [0.1, 0.15) is 18.9 Å². The van der Waals surface area contributed by atoms with E-state index in [2.05, 4.69) is 13.8 Å². The molecule has 54 valence electrons. The van der Waals surface area contributed by atoms with Crippen LogP contribution in [0, 0.1) is 12.0 Å². The molecule has 0 aliphatic carbocycles. The van der Waals surface area contributed by atoms with Gasteiger partial charge in [-0.05, 0) is 27.7 Å². The van der Waals surface area contributed by atoms with Crippen LogP contribution in [0.5, 0.6) is 0 Å². The average molecular weight is 129 g/mol. The minimum Gasteiger partial charge on any atom is -0.191 e. The third-order valence-corrected chi connectivity index (χ3v) is 1.23. The van der Waals surface area contributed by atoms with Gasteiger partial charge in [0.25, 0.3) is 0 Å². The van der Waals surface area contributed by atoms with Crippen LogP contribution in [0.2, 0.25) is 0 Å². The Labute approximate surface area is 58.4 Å². The van der Waals surface area contributed by atoms with E-state index in [4.69, 9.17) is 4.74 Å². The van der Waals surface area contributed by atoms with E-state index in [0.717, 1.165) is 6.10 Å². The highest BCUT2D eigenvalue weighted by molar-refractivity contribution is 4.75. The maximum atomic E-state index is 5.43. The molecule has 0 aromatic rings. The lowest BCUT2D eigenvalue weighted by Crippen LogP contribution is -2.11. The standard InChI is InChI=1S/C8H17O/c1-6(2)8(5)9-7(3)4/h6-7H,1-5H3/q+1. The fourth-order valence-electron chi connectivity index (χ4n) is 0.508. The van der Waals surface area contributed by atoms with E-state index in [0.29, 0.717) is 12.0 Å². The average Bonchev–Trinajstić information content (AvgIpc) is 1.63. The Balaban J connectivity index is 3.38. The molecule has 1 nitrogen and oxygen atoms in total. The van der Waals surface area contributed by atoms with Crippen LogP contribution < -0.4 is 0 Å². The Hall–Kier alpha value is -0.170. The van der Waals surface area contributed by atoms with Gasteiger partial charge in [0.05, 0.1) is 0 Å². The Bertz CT molecular complexity index is 67.0. The molecule has 1 heteroatoms. The summed E-state index contributed by atoms with van der Waals surface area (Å²) in [5.41, 5.74) is 0. The first-order valence-corrected chi connectivity index (χ1v) is 3.54. The van der Waals surface area contributed by atoms with Crippen LogP contribution in [-0.4, -0.2) is 6.10 Å². The first kappa shape index (κ1) is 8.83. The molecule has 9 heavy (non-hydrogen) atoms. The van der Waals surface area contributed by atoms with Gasteiger partial charge in [-0.25, -0.2) is 0 Å². The number of ether oxygens (including phenoxy) is 1. The fourth-order valence-corrected chi connectivity index (χ4v) is 0.508. The zero-order chi connectivity index (χ0) is 7.44. The molecule has 0 radical (unpaired) electrons. The molecule has 0 rings (SSSR count). The minimum absolute atomic E-state index is 0.326. The summed E-state index contributed by atoms with van der Waals surface area (Å²) in [6.07, 6.45) is 1.46. The van der Waals surface area contributed by atoms with Crippen LogP contribution in [0.1, 0.15) is 34.6 Å². The van der Waals surface area contributed by atoms with Crippen molar-refractivity contribution < 1.29 is 4.74 Å². The van der Waals surface area contributed by atoms with Gasteiger partial charge in [0.2, 0.25) is 6.10 Å². The van der Waals surface area contributed by atoms with Crippen molar-refractivity contribution in [2.75, 3.05) is 0 Å². The van der Waals surface area contributed by atoms with Crippen LogP contribution >= 0.6 is 0 Å². The van der Waals surface area contributed by atoms with Gasteiger partial charge in [0.15, 0.2) is 0 Å². The third-order valence-electron chi connectivity index (χ3n) is 1.23. The van der Waals surface area contributed by atoms with Gasteiger partial charge >= 0.3 is 0 Å². The van der Waals surface area contributed by atoms with Crippen LogP contribution in [0.15, 0.2) is 0 Å². The molecule has 0 amide bonds. The van der Waals surface area contributed by atoms with Crippen molar-refractivity contribution in [2.45, 2.75) is 40.7 Å². The summed E-state index contributed by atoms with van der Waals surface area (Å²) in [7, 11) is 0. The molecule has 0 spiro atoms. The number of hydrogen-bond acceptors (Lipinski definition) is 1. The molecule has 0 aliphatic rings. The molecule has 0 heterocycles. The lowest BCUT2D eigenvalue weighted by molar-refractivity contribution is 0.0699. The van der Waals surface area contributed by atoms with E-state index in [1.807, 2.05) is 20.8 Å². The van der Waals surface area contributed by atoms with Gasteiger partial charge in [-0.15, -0.1) is 0 Å². The molecule has 0 N–H and O–H groups in total. The number of rotatable bonds is 3. The van der Waals surface area contributed by atoms with Crippen LogP contribution in [0.3, 0.4) is 0 Å². The first-order valence-electron chi connectivity index (χ1n) is 3.54. The molecule has 0 aliphatic heterocycles. The van der Waals surface area contributed by atoms with Crippen LogP contribution in [0.25, 0.3) is 0 Å². The Morgan fingerprint density at radius 2 is 1.56 bits per heavy atom. The highest BCUT2D eigenvalue weighted by Gasteiger charge is 2.21. The molecular weight excluding hydrogens is 112 g/mol. The fraction of sp³-hybridized carbons (Fsp3) is 0.875. The quantitative estimate of drug-likeness (QED) is 0.532. The highest BCUT2D eigenvalue weighted by Crippen LogP contribution is 2.15. The molecule has 0 fully saturated rings. The van der Waals surface area contributed by atoms with E-state index in [9.17, 15) is 0 Å². The van der Waals surface area contributed by atoms with Crippen molar-refractivity contribution in [1.82, 2.24) is 0 Å². The summed E-state index contributed by atoms with van der Waals surface area (Å²) in [5.74, 6) is 0.549. The topological polar surface area (TPSA) is 9.23 Å². The summed E-state index contributed by atoms with van der Waals surface area (Å²) >= 11 is 0. The molecule has 0 bridgehead atoms. The zero-order valence-electron chi connectivity index (χ0n) is 7.06. The molecule has 0 aromatic heterocycles. The SMILES string of the molecule is C[C+](OC(C)C)C(C)C. The summed E-state index contributed by atoms with van der Waals surface area (Å²) < 4.78 is 5.43. The summed E-state index contributed by atoms with van der Waals surface area (Å²) in [5, 5.41) is 0. The van der Waals surface area contributed by atoms with Crippen LogP contribution in [-0.2, 0) is 4.74 Å². The lowest BCUT2D eigenvalue weighted by Gasteiger charge is -2.05. The van der Waals surface area contributed by atoms with Gasteiger partial charge in [-0.1, -0.05) is 0 Å². The molecule has 0 unspecified atom stereocenters. The normalized spacial score (nSPS) is 11.0. The Morgan fingerprint density at radius 3 is 1.67 bits per heavy atom. The van der Waals surface area contributed by atoms with Gasteiger partial charge in [-0.3, -0.25) is 0 Å². The monoisotopic (exact) mass is 129 g/mol. The van der Waals surface area contributed by atoms with Crippen molar-refractivity contribution in [1.29, 1.82) is 0 Å². The van der Waals surface area contributed by atoms with Gasteiger partial charge in [0, 0.05) is 0 Å². The second kappa shape index (κ2) is 3.78. The van der Waals surface area contributed by atoms with E-state index in [-0.39, 0.29) is 0 Å². The second-order valence-electron chi connectivity index (χ2n) is 2.93. The summed E-state index contributed by atoms with van der Waals surface area (Å²) in [6.45, 7) is 10.4. The van der Waals surface area contributed by atoms with E-state index < -0.39 is 0 Å². The second-order valence-corrected chi connectivity index (χ2v) is 2.93. The highest BCUT2D eigenvalue weighted by atomic mass is 16.5. The molecule has 0 saturated heterocycles. The van der Waals surface area contributed by atoms with E-state index >= 15 is 0 Å². The molecule has 0 saturated carbocycles. The molecule has 0 atom stereocenters. The maximum absolute atomic E-state index is 5.43. The largest absolute Gasteiger partial charge is 0.240 e. The minimum atomic E-state index is 0.326. The van der Waals surface area contributed by atoms with Gasteiger partial charge in [-0.2, -0.15) is 4.74 Å². The summed E-state index contributed by atoms with van der Waals surface area (Å²) in [4.78, 5) is 0. The van der Waals surface area contributed by atoms with Gasteiger partial charge < -0.3 is 0 Å². The predicted octanol–water partition coefficient (Wildman–Crippen LogP) is 2.62. The smallest absolute Gasteiger partial charge is 0.191 e. The lowest BCUT2D eigenvalue weighted by atomic mass is 10.1. The van der Waals surface area contributed by atoms with Crippen molar-refractivity contribution in [3.63, 3.8) is 0 Å². The van der Waals surface area contributed by atoms with Crippen molar-refractivity contribution in [3.8, 4) is 0 Å². The van der Waals surface area contributed by atoms with E-state index in [1.165, 1.54) is 0 Å². The Kier molecular flexibility index (Phi) is 3.71. The van der Waals surface area contributed by atoms with E-state index in [1.54, 1.807) is 0 Å². The molecular formula is C8H17O+. The Morgan fingerprint density at radius 1 is 1.11 bits per heavy atom. The number of hydrogen-bond donors (Lipinski definition) is 0. The van der Waals surface area contributed by atoms with Crippen molar-refractivity contribution in [3.05, 3.63) is 6.10 Å². The molecule has 0 aromatic carbocycles. The summed E-state index contributed by atoms with van der Waals surface area (Å²) in [6, 6.07) is 0. The maximum Gasteiger partial charge on any atom is 0.240 e. The zero-order valence-corrected chi connectivity index (χ0v) is 7.06. The first-order chi connectivity index (χ1) is 4.04. The van der Waals surface area contributed by atoms with Crippen LogP contribution in [0.4, 0.5) is 0 Å².